The summed E-state index contributed by atoms with van der Waals surface area (Å²) in [6.07, 6.45) is 0. The van der Waals surface area contributed by atoms with Crippen molar-refractivity contribution in [3.05, 3.63) is 35.4 Å². The molecule has 2 aliphatic heterocycles. The van der Waals surface area contributed by atoms with Crippen LogP contribution in [0.4, 0.5) is 0 Å². The Labute approximate surface area is 102 Å². The molecule has 0 radical (unpaired) electrons. The Kier molecular flexibility index (Phi) is 2.21. The number of benzene rings is 1. The van der Waals surface area contributed by atoms with E-state index in [0.29, 0.717) is 11.1 Å². The average molecular weight is 246 g/mol. The normalized spacial score (nSPS) is 25.8. The van der Waals surface area contributed by atoms with Crippen LogP contribution in [0.5, 0.6) is 0 Å². The molecular weight excluding hydrogens is 236 g/mol. The fraction of sp³-hybridized carbons (Fsp3) is 0.250. The average Bonchev–Trinajstić information content (AvgIpc) is 2.62. The molecule has 1 aromatic carbocycles. The molecule has 1 fully saturated rings. The summed E-state index contributed by atoms with van der Waals surface area (Å²) in [6, 6.07) is 4.97. The Balaban J connectivity index is 2.00. The van der Waals surface area contributed by atoms with Crippen molar-refractivity contribution in [3.63, 3.8) is 0 Å². The molecule has 0 aliphatic carbocycles. The second kappa shape index (κ2) is 3.64. The summed E-state index contributed by atoms with van der Waals surface area (Å²) in [5, 5.41) is 11.5. The van der Waals surface area contributed by atoms with E-state index < -0.39 is 29.8 Å². The zero-order valence-corrected chi connectivity index (χ0v) is 9.29. The number of β-lactam (4-membered cyclic amide) rings is 1. The van der Waals surface area contributed by atoms with Gasteiger partial charge in [-0.3, -0.25) is 19.3 Å². The summed E-state index contributed by atoms with van der Waals surface area (Å²) in [5.41, 5.74) is 0.609. The van der Waals surface area contributed by atoms with Crippen LogP contribution < -0.4 is 5.32 Å². The highest BCUT2D eigenvalue weighted by Crippen LogP contribution is 2.27. The third-order valence-corrected chi connectivity index (χ3v) is 3.28. The molecule has 0 aromatic heterocycles. The van der Waals surface area contributed by atoms with Crippen LogP contribution in [0, 0.1) is 0 Å². The summed E-state index contributed by atoms with van der Waals surface area (Å²) < 4.78 is 0. The SMILES string of the molecule is O=C1N[C@H](CO)[C@@H]1N1C(=O)c2ccccc2C1=O. The molecule has 0 saturated carbocycles. The number of nitrogens with zero attached hydrogens (tertiary/aromatic N) is 1. The molecule has 0 spiro atoms. The minimum absolute atomic E-state index is 0.302. The van der Waals surface area contributed by atoms with Gasteiger partial charge in [0.2, 0.25) is 5.91 Å². The fourth-order valence-electron chi connectivity index (χ4n) is 2.34. The van der Waals surface area contributed by atoms with Gasteiger partial charge in [0.15, 0.2) is 0 Å². The molecule has 0 unspecified atom stereocenters. The summed E-state index contributed by atoms with van der Waals surface area (Å²) >= 11 is 0. The smallest absolute Gasteiger partial charge is 0.262 e. The lowest BCUT2D eigenvalue weighted by molar-refractivity contribution is -0.136. The lowest BCUT2D eigenvalue weighted by atomic mass is 9.98. The Hall–Kier alpha value is -2.21. The van der Waals surface area contributed by atoms with Gasteiger partial charge >= 0.3 is 0 Å². The molecule has 2 N–H and O–H groups in total. The first-order valence-corrected chi connectivity index (χ1v) is 5.53. The third-order valence-electron chi connectivity index (χ3n) is 3.28. The van der Waals surface area contributed by atoms with E-state index in [1.807, 2.05) is 0 Å². The first kappa shape index (κ1) is 10.9. The van der Waals surface area contributed by atoms with Crippen molar-refractivity contribution in [3.8, 4) is 0 Å². The summed E-state index contributed by atoms with van der Waals surface area (Å²) in [6.45, 7) is -0.302. The molecule has 1 aromatic rings. The van der Waals surface area contributed by atoms with Crippen LogP contribution in [0.25, 0.3) is 0 Å². The van der Waals surface area contributed by atoms with Gasteiger partial charge in [0.25, 0.3) is 11.8 Å². The molecule has 1 saturated heterocycles. The zero-order valence-electron chi connectivity index (χ0n) is 9.29. The topological polar surface area (TPSA) is 86.7 Å². The Morgan fingerprint density at radius 1 is 1.11 bits per heavy atom. The summed E-state index contributed by atoms with van der Waals surface area (Å²) in [4.78, 5) is 36.6. The number of carbonyl (C=O) groups excluding carboxylic acids is 3. The molecule has 92 valence electrons. The number of hydrogen-bond acceptors (Lipinski definition) is 4. The largest absolute Gasteiger partial charge is 0.394 e. The van der Waals surface area contributed by atoms with E-state index >= 15 is 0 Å². The van der Waals surface area contributed by atoms with Gasteiger partial charge < -0.3 is 10.4 Å². The van der Waals surface area contributed by atoms with Gasteiger partial charge in [0.1, 0.15) is 6.04 Å². The lowest BCUT2D eigenvalue weighted by Gasteiger charge is -2.39. The minimum atomic E-state index is -0.901. The van der Waals surface area contributed by atoms with E-state index in [0.717, 1.165) is 4.90 Å². The zero-order chi connectivity index (χ0) is 12.9. The van der Waals surface area contributed by atoms with Crippen LogP contribution in [0.3, 0.4) is 0 Å². The molecule has 18 heavy (non-hydrogen) atoms. The predicted octanol–water partition coefficient (Wildman–Crippen LogP) is -0.858. The van der Waals surface area contributed by atoms with Gasteiger partial charge in [-0.1, -0.05) is 12.1 Å². The number of rotatable bonds is 2. The predicted molar refractivity (Wildman–Crippen MR) is 59.7 cm³/mol. The van der Waals surface area contributed by atoms with Crippen LogP contribution in [0.2, 0.25) is 0 Å². The van der Waals surface area contributed by atoms with E-state index in [4.69, 9.17) is 5.11 Å². The molecule has 3 rings (SSSR count). The molecule has 6 nitrogen and oxygen atoms in total. The van der Waals surface area contributed by atoms with Crippen molar-refractivity contribution in [1.29, 1.82) is 0 Å². The van der Waals surface area contributed by atoms with Crippen molar-refractivity contribution < 1.29 is 19.5 Å². The highest BCUT2D eigenvalue weighted by Gasteiger charge is 2.51. The number of fused-ring (bicyclic) bond motifs is 1. The summed E-state index contributed by atoms with van der Waals surface area (Å²) in [7, 11) is 0. The molecule has 2 atom stereocenters. The maximum Gasteiger partial charge on any atom is 0.262 e. The van der Waals surface area contributed by atoms with E-state index in [1.165, 1.54) is 0 Å². The van der Waals surface area contributed by atoms with Crippen molar-refractivity contribution in [2.75, 3.05) is 6.61 Å². The second-order valence-corrected chi connectivity index (χ2v) is 4.27. The number of amides is 3. The van der Waals surface area contributed by atoms with E-state index in [1.54, 1.807) is 24.3 Å². The Morgan fingerprint density at radius 2 is 1.67 bits per heavy atom. The van der Waals surface area contributed by atoms with Gasteiger partial charge in [0, 0.05) is 0 Å². The van der Waals surface area contributed by atoms with Gasteiger partial charge in [-0.15, -0.1) is 0 Å². The number of aliphatic hydroxyl groups is 1. The number of carbonyl (C=O) groups is 3. The van der Waals surface area contributed by atoms with E-state index in [9.17, 15) is 14.4 Å². The number of nitrogens with one attached hydrogen (secondary N) is 1. The second-order valence-electron chi connectivity index (χ2n) is 4.27. The summed E-state index contributed by atoms with van der Waals surface area (Å²) in [5.74, 6) is -1.37. The Morgan fingerprint density at radius 3 is 2.11 bits per heavy atom. The molecule has 2 heterocycles. The molecule has 3 amide bonds. The maximum absolute atomic E-state index is 12.1. The number of imide groups is 1. The van der Waals surface area contributed by atoms with Crippen molar-refractivity contribution in [2.45, 2.75) is 12.1 Å². The number of hydrogen-bond donors (Lipinski definition) is 2. The molecular formula is C12H10N2O4. The van der Waals surface area contributed by atoms with Gasteiger partial charge in [-0.25, -0.2) is 0 Å². The maximum atomic E-state index is 12.1. The van der Waals surface area contributed by atoms with E-state index in [2.05, 4.69) is 5.32 Å². The molecule has 6 heteroatoms. The number of aliphatic hydroxyl groups excluding tert-OH is 1. The highest BCUT2D eigenvalue weighted by atomic mass is 16.3. The lowest BCUT2D eigenvalue weighted by Crippen LogP contribution is -2.71. The standard InChI is InChI=1S/C12H10N2O4/c15-5-8-9(10(16)13-8)14-11(17)6-3-1-2-4-7(6)12(14)18/h1-4,8-9,15H,5H2,(H,13,16)/t8-,9+/m1/s1. The van der Waals surface area contributed by atoms with E-state index in [-0.39, 0.29) is 6.61 Å². The van der Waals surface area contributed by atoms with Crippen molar-refractivity contribution >= 4 is 17.7 Å². The van der Waals surface area contributed by atoms with Crippen molar-refractivity contribution in [2.24, 2.45) is 0 Å². The van der Waals surface area contributed by atoms with Crippen molar-refractivity contribution in [1.82, 2.24) is 10.2 Å². The van der Waals surface area contributed by atoms with Crippen LogP contribution in [0.1, 0.15) is 20.7 Å². The first-order chi connectivity index (χ1) is 8.65. The van der Waals surface area contributed by atoms with Crippen LogP contribution in [0.15, 0.2) is 24.3 Å². The quantitative estimate of drug-likeness (QED) is 0.525. The van der Waals surface area contributed by atoms with Gasteiger partial charge in [0.05, 0.1) is 23.8 Å². The Bertz CT molecular complexity index is 534. The van der Waals surface area contributed by atoms with Gasteiger partial charge in [-0.05, 0) is 12.1 Å². The third kappa shape index (κ3) is 1.23. The van der Waals surface area contributed by atoms with Crippen LogP contribution in [-0.4, -0.2) is 46.4 Å². The first-order valence-electron chi connectivity index (χ1n) is 5.53. The molecule has 2 aliphatic rings. The molecule has 0 bridgehead atoms. The highest BCUT2D eigenvalue weighted by molar-refractivity contribution is 6.23. The monoisotopic (exact) mass is 246 g/mol. The fourth-order valence-corrected chi connectivity index (χ4v) is 2.34. The van der Waals surface area contributed by atoms with Crippen LogP contribution in [-0.2, 0) is 4.79 Å². The van der Waals surface area contributed by atoms with Gasteiger partial charge in [-0.2, -0.15) is 0 Å². The minimum Gasteiger partial charge on any atom is -0.394 e. The van der Waals surface area contributed by atoms with Crippen LogP contribution >= 0.6 is 0 Å².